The zero-order chi connectivity index (χ0) is 19.9. The molecule has 0 aromatic heterocycles. The molecule has 2 aliphatic heterocycles. The predicted octanol–water partition coefficient (Wildman–Crippen LogP) is 0.296. The van der Waals surface area contributed by atoms with Crippen LogP contribution in [0.25, 0.3) is 0 Å². The fraction of sp³-hybridized carbons (Fsp3) is 0.882. The van der Waals surface area contributed by atoms with E-state index >= 15 is 0 Å². The molecule has 0 aliphatic carbocycles. The van der Waals surface area contributed by atoms with Crippen molar-refractivity contribution in [3.05, 3.63) is 0 Å². The molecule has 2 rings (SSSR count). The third-order valence-corrected chi connectivity index (χ3v) is 4.93. The van der Waals surface area contributed by atoms with Gasteiger partial charge in [-0.2, -0.15) is 13.2 Å². The van der Waals surface area contributed by atoms with Crippen LogP contribution >= 0.6 is 0 Å². The van der Waals surface area contributed by atoms with E-state index in [2.05, 4.69) is 20.1 Å². The summed E-state index contributed by atoms with van der Waals surface area (Å²) in [5.41, 5.74) is 0. The van der Waals surface area contributed by atoms with Crippen LogP contribution in [0.2, 0.25) is 0 Å². The van der Waals surface area contributed by atoms with E-state index in [0.29, 0.717) is 19.0 Å². The number of likely N-dealkylation sites (tertiary alicyclic amines) is 1. The SMILES string of the molecule is CN=C(NCCN(C)CC(F)(F)F)N1CCN(CC(=O)N2CCCC2)CC1. The van der Waals surface area contributed by atoms with E-state index in [4.69, 9.17) is 0 Å². The molecule has 2 fully saturated rings. The second-order valence-corrected chi connectivity index (χ2v) is 7.18. The molecule has 10 heteroatoms. The summed E-state index contributed by atoms with van der Waals surface area (Å²) < 4.78 is 37.0. The minimum atomic E-state index is -4.18. The zero-order valence-electron chi connectivity index (χ0n) is 16.3. The van der Waals surface area contributed by atoms with E-state index < -0.39 is 12.7 Å². The van der Waals surface area contributed by atoms with Crippen molar-refractivity contribution in [3.63, 3.8) is 0 Å². The van der Waals surface area contributed by atoms with Gasteiger partial charge in [0.25, 0.3) is 0 Å². The largest absolute Gasteiger partial charge is 0.401 e. The van der Waals surface area contributed by atoms with Gasteiger partial charge in [-0.1, -0.05) is 0 Å². The molecule has 0 aromatic carbocycles. The number of amides is 1. The maximum absolute atomic E-state index is 12.3. The first kappa shape index (κ1) is 21.7. The highest BCUT2D eigenvalue weighted by Crippen LogP contribution is 2.15. The highest BCUT2D eigenvalue weighted by Gasteiger charge is 2.29. The third-order valence-electron chi connectivity index (χ3n) is 4.93. The standard InChI is InChI=1S/C17H31F3N6O/c1-21-16(22-5-8-23(2)14-17(18,19)20)26-11-9-24(10-12-26)13-15(27)25-6-3-4-7-25/h3-14H2,1-2H3,(H,21,22). The lowest BCUT2D eigenvalue weighted by atomic mass is 10.3. The summed E-state index contributed by atoms with van der Waals surface area (Å²) in [6, 6.07) is 0. The van der Waals surface area contributed by atoms with Crippen LogP contribution < -0.4 is 5.32 Å². The molecule has 0 aromatic rings. The van der Waals surface area contributed by atoms with Crippen LogP contribution in [0.5, 0.6) is 0 Å². The summed E-state index contributed by atoms with van der Waals surface area (Å²) in [5, 5.41) is 3.13. The van der Waals surface area contributed by atoms with Crippen molar-refractivity contribution in [2.75, 3.05) is 79.5 Å². The maximum Gasteiger partial charge on any atom is 0.401 e. The van der Waals surface area contributed by atoms with Crippen molar-refractivity contribution in [1.29, 1.82) is 0 Å². The number of piperazine rings is 1. The van der Waals surface area contributed by atoms with Gasteiger partial charge in [0.2, 0.25) is 5.91 Å². The van der Waals surface area contributed by atoms with E-state index in [9.17, 15) is 18.0 Å². The van der Waals surface area contributed by atoms with Gasteiger partial charge in [0, 0.05) is 59.4 Å². The van der Waals surface area contributed by atoms with Crippen molar-refractivity contribution in [2.45, 2.75) is 19.0 Å². The number of likely N-dealkylation sites (N-methyl/N-ethyl adjacent to an activating group) is 1. The minimum absolute atomic E-state index is 0.205. The zero-order valence-corrected chi connectivity index (χ0v) is 16.3. The summed E-state index contributed by atoms with van der Waals surface area (Å²) >= 11 is 0. The monoisotopic (exact) mass is 392 g/mol. The summed E-state index contributed by atoms with van der Waals surface area (Å²) in [6.45, 7) is 4.99. The van der Waals surface area contributed by atoms with Crippen LogP contribution in [0, 0.1) is 0 Å². The molecule has 0 bridgehead atoms. The Morgan fingerprint density at radius 3 is 2.26 bits per heavy atom. The van der Waals surface area contributed by atoms with E-state index in [0.717, 1.165) is 52.1 Å². The Balaban J connectivity index is 1.67. The average Bonchev–Trinajstić information content (AvgIpc) is 3.13. The van der Waals surface area contributed by atoms with Crippen LogP contribution in [0.4, 0.5) is 13.2 Å². The normalized spacial score (nSPS) is 19.9. The molecule has 7 nitrogen and oxygen atoms in total. The van der Waals surface area contributed by atoms with Crippen molar-refractivity contribution >= 4 is 11.9 Å². The van der Waals surface area contributed by atoms with Gasteiger partial charge in [-0.05, 0) is 19.9 Å². The number of guanidine groups is 1. The van der Waals surface area contributed by atoms with Crippen molar-refractivity contribution in [2.24, 2.45) is 4.99 Å². The number of carbonyl (C=O) groups is 1. The molecular weight excluding hydrogens is 361 g/mol. The number of halogens is 3. The Kier molecular flexibility index (Phi) is 8.15. The molecule has 0 saturated carbocycles. The Morgan fingerprint density at radius 2 is 1.70 bits per heavy atom. The van der Waals surface area contributed by atoms with Crippen molar-refractivity contribution in [3.8, 4) is 0 Å². The molecule has 156 valence electrons. The van der Waals surface area contributed by atoms with Crippen LogP contribution in [0.15, 0.2) is 4.99 Å². The summed E-state index contributed by atoms with van der Waals surface area (Å²) in [6.07, 6.45) is -1.99. The lowest BCUT2D eigenvalue weighted by Crippen LogP contribution is -2.54. The average molecular weight is 392 g/mol. The number of hydrogen-bond donors (Lipinski definition) is 1. The second-order valence-electron chi connectivity index (χ2n) is 7.18. The highest BCUT2D eigenvalue weighted by molar-refractivity contribution is 5.80. The van der Waals surface area contributed by atoms with Crippen molar-refractivity contribution in [1.82, 2.24) is 24.9 Å². The Hall–Kier alpha value is -1.55. The van der Waals surface area contributed by atoms with Crippen LogP contribution in [-0.2, 0) is 4.79 Å². The summed E-state index contributed by atoms with van der Waals surface area (Å²) in [7, 11) is 3.12. The lowest BCUT2D eigenvalue weighted by Gasteiger charge is -2.36. The Labute approximate surface area is 159 Å². The molecule has 0 unspecified atom stereocenters. The van der Waals surface area contributed by atoms with E-state index in [1.54, 1.807) is 7.05 Å². The highest BCUT2D eigenvalue weighted by atomic mass is 19.4. The number of nitrogens with zero attached hydrogens (tertiary/aromatic N) is 5. The molecule has 0 spiro atoms. The first-order chi connectivity index (χ1) is 12.8. The van der Waals surface area contributed by atoms with Crippen LogP contribution in [-0.4, -0.2) is 117 Å². The van der Waals surface area contributed by atoms with Gasteiger partial charge in [0.05, 0.1) is 13.1 Å². The van der Waals surface area contributed by atoms with E-state index in [1.807, 2.05) is 4.90 Å². The molecule has 27 heavy (non-hydrogen) atoms. The third kappa shape index (κ3) is 7.53. The van der Waals surface area contributed by atoms with Gasteiger partial charge >= 0.3 is 6.18 Å². The fourth-order valence-corrected chi connectivity index (χ4v) is 3.45. The second kappa shape index (κ2) is 10.1. The van der Waals surface area contributed by atoms with Gasteiger partial charge in [-0.3, -0.25) is 19.6 Å². The molecule has 2 heterocycles. The number of rotatable bonds is 6. The topological polar surface area (TPSA) is 54.4 Å². The van der Waals surface area contributed by atoms with Crippen LogP contribution in [0.1, 0.15) is 12.8 Å². The number of alkyl halides is 3. The van der Waals surface area contributed by atoms with Gasteiger partial charge < -0.3 is 15.1 Å². The quantitative estimate of drug-likeness (QED) is 0.521. The van der Waals surface area contributed by atoms with Crippen LogP contribution in [0.3, 0.4) is 0 Å². The number of carbonyl (C=O) groups excluding carboxylic acids is 1. The molecule has 2 saturated heterocycles. The van der Waals surface area contributed by atoms with E-state index in [1.165, 1.54) is 11.9 Å². The maximum atomic E-state index is 12.3. The minimum Gasteiger partial charge on any atom is -0.355 e. The number of hydrogen-bond acceptors (Lipinski definition) is 4. The molecular formula is C17H31F3N6O. The first-order valence-electron chi connectivity index (χ1n) is 9.49. The van der Waals surface area contributed by atoms with Crippen molar-refractivity contribution < 1.29 is 18.0 Å². The number of aliphatic imine (C=N–C) groups is 1. The van der Waals surface area contributed by atoms with Gasteiger partial charge in [-0.15, -0.1) is 0 Å². The Morgan fingerprint density at radius 1 is 1.07 bits per heavy atom. The van der Waals surface area contributed by atoms with Gasteiger partial charge in [0.1, 0.15) is 0 Å². The molecule has 1 N–H and O–H groups in total. The number of nitrogens with one attached hydrogen (secondary N) is 1. The smallest absolute Gasteiger partial charge is 0.355 e. The molecule has 0 atom stereocenters. The first-order valence-corrected chi connectivity index (χ1v) is 9.49. The predicted molar refractivity (Wildman–Crippen MR) is 98.7 cm³/mol. The van der Waals surface area contributed by atoms with Gasteiger partial charge in [0.15, 0.2) is 5.96 Å². The van der Waals surface area contributed by atoms with E-state index in [-0.39, 0.29) is 12.5 Å². The molecule has 2 aliphatic rings. The summed E-state index contributed by atoms with van der Waals surface area (Å²) in [5.74, 6) is 0.900. The Bertz CT molecular complexity index is 499. The molecule has 1 amide bonds. The summed E-state index contributed by atoms with van der Waals surface area (Å²) in [4.78, 5) is 23.9. The molecule has 0 radical (unpaired) electrons. The lowest BCUT2D eigenvalue weighted by molar-refractivity contribution is -0.142. The fourth-order valence-electron chi connectivity index (χ4n) is 3.45. The van der Waals surface area contributed by atoms with Gasteiger partial charge in [-0.25, -0.2) is 0 Å².